The van der Waals surface area contributed by atoms with E-state index in [2.05, 4.69) is 39.2 Å². The van der Waals surface area contributed by atoms with Crippen LogP contribution in [0.3, 0.4) is 0 Å². The molecule has 1 aliphatic heterocycles. The van der Waals surface area contributed by atoms with E-state index in [1.807, 2.05) is 35.7 Å². The van der Waals surface area contributed by atoms with Crippen molar-refractivity contribution in [2.75, 3.05) is 18.6 Å². The summed E-state index contributed by atoms with van der Waals surface area (Å²) >= 11 is 1.90. The fourth-order valence-corrected chi connectivity index (χ4v) is 4.25. The van der Waals surface area contributed by atoms with Crippen molar-refractivity contribution in [3.05, 3.63) is 46.9 Å². The molecule has 1 N–H and O–H groups in total. The van der Waals surface area contributed by atoms with Crippen LogP contribution >= 0.6 is 11.8 Å². The first-order valence-corrected chi connectivity index (χ1v) is 10.1. The maximum absolute atomic E-state index is 4.73. The van der Waals surface area contributed by atoms with E-state index < -0.39 is 0 Å². The molecule has 3 aromatic rings. The molecule has 0 saturated carbocycles. The highest BCUT2D eigenvalue weighted by Crippen LogP contribution is 2.32. The predicted molar refractivity (Wildman–Crippen MR) is 101 cm³/mol. The van der Waals surface area contributed by atoms with Gasteiger partial charge in [0.2, 0.25) is 0 Å². The molecule has 0 spiro atoms. The second-order valence-electron chi connectivity index (χ2n) is 6.73. The Morgan fingerprint density at radius 3 is 3.08 bits per heavy atom. The first-order valence-electron chi connectivity index (χ1n) is 8.73. The van der Waals surface area contributed by atoms with Gasteiger partial charge < -0.3 is 4.98 Å². The molecule has 7 heteroatoms. The third kappa shape index (κ3) is 3.06. The van der Waals surface area contributed by atoms with Gasteiger partial charge in [-0.05, 0) is 38.3 Å². The van der Waals surface area contributed by atoms with Gasteiger partial charge in [0, 0.05) is 42.2 Å². The van der Waals surface area contributed by atoms with Crippen LogP contribution in [-0.2, 0) is 13.0 Å². The molecule has 6 nitrogen and oxygen atoms in total. The van der Waals surface area contributed by atoms with Crippen LogP contribution in [0.1, 0.15) is 40.8 Å². The lowest BCUT2D eigenvalue weighted by Gasteiger charge is -2.34. The number of rotatable bonds is 5. The van der Waals surface area contributed by atoms with Gasteiger partial charge >= 0.3 is 0 Å². The molecule has 0 aromatic carbocycles. The standard InChI is InChI=1S/C18H24N6S/c1-12-8-13(2)24-18(22-12)14(9-21-24)10-23-6-4-15-17(20-11-19-15)16(23)5-7-25-3/h8-9,11,16H,4-7,10H2,1-3H3,(H,19,20). The van der Waals surface area contributed by atoms with Gasteiger partial charge in [0.15, 0.2) is 5.65 Å². The van der Waals surface area contributed by atoms with Gasteiger partial charge in [0.1, 0.15) is 0 Å². The first kappa shape index (κ1) is 16.6. The quantitative estimate of drug-likeness (QED) is 0.762. The van der Waals surface area contributed by atoms with E-state index in [0.717, 1.165) is 48.7 Å². The molecule has 1 unspecified atom stereocenters. The van der Waals surface area contributed by atoms with Gasteiger partial charge in [0.05, 0.1) is 24.3 Å². The largest absolute Gasteiger partial charge is 0.348 e. The van der Waals surface area contributed by atoms with Crippen molar-refractivity contribution in [2.24, 2.45) is 0 Å². The normalized spacial score (nSPS) is 18.0. The van der Waals surface area contributed by atoms with Crippen LogP contribution < -0.4 is 0 Å². The van der Waals surface area contributed by atoms with Crippen molar-refractivity contribution < 1.29 is 0 Å². The number of hydrogen-bond donors (Lipinski definition) is 1. The smallest absolute Gasteiger partial charge is 0.159 e. The van der Waals surface area contributed by atoms with Crippen molar-refractivity contribution in [3.63, 3.8) is 0 Å². The van der Waals surface area contributed by atoms with Gasteiger partial charge in [-0.15, -0.1) is 0 Å². The Kier molecular flexibility index (Phi) is 4.52. The van der Waals surface area contributed by atoms with Gasteiger partial charge in [-0.25, -0.2) is 14.5 Å². The minimum absolute atomic E-state index is 0.364. The number of aryl methyl sites for hydroxylation is 2. The summed E-state index contributed by atoms with van der Waals surface area (Å²) in [5, 5.41) is 4.55. The highest BCUT2D eigenvalue weighted by Gasteiger charge is 2.30. The Morgan fingerprint density at radius 2 is 2.24 bits per heavy atom. The number of hydrogen-bond acceptors (Lipinski definition) is 5. The fourth-order valence-electron chi connectivity index (χ4n) is 3.79. The molecule has 1 aliphatic rings. The molecule has 0 amide bonds. The molecule has 0 aliphatic carbocycles. The summed E-state index contributed by atoms with van der Waals surface area (Å²) in [5.41, 5.74) is 6.86. The molecule has 3 aromatic heterocycles. The molecule has 132 valence electrons. The lowest BCUT2D eigenvalue weighted by atomic mass is 10.00. The number of aromatic amines is 1. The average molecular weight is 356 g/mol. The second-order valence-corrected chi connectivity index (χ2v) is 7.71. The number of thioether (sulfide) groups is 1. The van der Waals surface area contributed by atoms with E-state index >= 15 is 0 Å². The van der Waals surface area contributed by atoms with Crippen LogP contribution in [0.25, 0.3) is 5.65 Å². The van der Waals surface area contributed by atoms with E-state index in [-0.39, 0.29) is 0 Å². The zero-order valence-electron chi connectivity index (χ0n) is 15.0. The molecular weight excluding hydrogens is 332 g/mol. The molecule has 0 saturated heterocycles. The summed E-state index contributed by atoms with van der Waals surface area (Å²) < 4.78 is 1.95. The topological polar surface area (TPSA) is 62.1 Å². The van der Waals surface area contributed by atoms with Crippen molar-refractivity contribution in [1.29, 1.82) is 0 Å². The van der Waals surface area contributed by atoms with Crippen molar-refractivity contribution in [2.45, 2.75) is 39.3 Å². The highest BCUT2D eigenvalue weighted by atomic mass is 32.2. The molecule has 25 heavy (non-hydrogen) atoms. The van der Waals surface area contributed by atoms with Gasteiger partial charge in [-0.2, -0.15) is 16.9 Å². The summed E-state index contributed by atoms with van der Waals surface area (Å²) in [6, 6.07) is 2.44. The summed E-state index contributed by atoms with van der Waals surface area (Å²) in [6.07, 6.45) is 8.11. The van der Waals surface area contributed by atoms with E-state index in [0.29, 0.717) is 6.04 Å². The summed E-state index contributed by atoms with van der Waals surface area (Å²) in [5.74, 6) is 1.14. The number of imidazole rings is 1. The monoisotopic (exact) mass is 356 g/mol. The Balaban J connectivity index is 1.65. The van der Waals surface area contributed by atoms with Gasteiger partial charge in [-0.3, -0.25) is 4.90 Å². The van der Waals surface area contributed by atoms with Crippen molar-refractivity contribution in [3.8, 4) is 0 Å². The summed E-state index contributed by atoms with van der Waals surface area (Å²) in [4.78, 5) is 15.2. The molecule has 0 radical (unpaired) electrons. The van der Waals surface area contributed by atoms with Crippen LogP contribution in [0.4, 0.5) is 0 Å². The van der Waals surface area contributed by atoms with E-state index in [9.17, 15) is 0 Å². The summed E-state index contributed by atoms with van der Waals surface area (Å²) in [7, 11) is 0. The van der Waals surface area contributed by atoms with Crippen molar-refractivity contribution >= 4 is 17.4 Å². The maximum atomic E-state index is 4.73. The van der Waals surface area contributed by atoms with Crippen LogP contribution in [0.5, 0.6) is 0 Å². The lowest BCUT2D eigenvalue weighted by Crippen LogP contribution is -2.35. The van der Waals surface area contributed by atoms with Crippen LogP contribution in [-0.4, -0.2) is 48.0 Å². The SMILES string of the molecule is CSCCC1c2nc[nH]c2CCN1Cc1cnn2c(C)cc(C)nc12. The Hall–Kier alpha value is -1.86. The minimum Gasteiger partial charge on any atom is -0.348 e. The van der Waals surface area contributed by atoms with Gasteiger partial charge in [-0.1, -0.05) is 0 Å². The fraction of sp³-hybridized carbons (Fsp3) is 0.500. The van der Waals surface area contributed by atoms with Crippen LogP contribution in [0.15, 0.2) is 18.6 Å². The number of nitrogens with zero attached hydrogens (tertiary/aromatic N) is 5. The highest BCUT2D eigenvalue weighted by molar-refractivity contribution is 7.98. The Morgan fingerprint density at radius 1 is 1.36 bits per heavy atom. The van der Waals surface area contributed by atoms with Crippen LogP contribution in [0.2, 0.25) is 0 Å². The Bertz CT molecular complexity index is 883. The third-order valence-corrected chi connectivity index (χ3v) is 5.62. The molecule has 0 fully saturated rings. The average Bonchev–Trinajstić information content (AvgIpc) is 3.21. The number of aromatic nitrogens is 5. The first-order chi connectivity index (χ1) is 12.2. The molecule has 0 bridgehead atoms. The van der Waals surface area contributed by atoms with Crippen molar-refractivity contribution in [1.82, 2.24) is 29.5 Å². The molecule has 4 heterocycles. The summed E-state index contributed by atoms with van der Waals surface area (Å²) in [6.45, 7) is 6.03. The number of fused-ring (bicyclic) bond motifs is 2. The zero-order valence-corrected chi connectivity index (χ0v) is 15.8. The van der Waals surface area contributed by atoms with Gasteiger partial charge in [0.25, 0.3) is 0 Å². The minimum atomic E-state index is 0.364. The Labute approximate surface area is 152 Å². The second kappa shape index (κ2) is 6.80. The van der Waals surface area contributed by atoms with E-state index in [4.69, 9.17) is 4.98 Å². The molecule has 1 atom stereocenters. The third-order valence-electron chi connectivity index (χ3n) is 4.98. The maximum Gasteiger partial charge on any atom is 0.159 e. The predicted octanol–water partition coefficient (Wildman–Crippen LogP) is 2.92. The van der Waals surface area contributed by atoms with E-state index in [1.54, 1.807) is 0 Å². The molecule has 4 rings (SSSR count). The van der Waals surface area contributed by atoms with Crippen LogP contribution in [0, 0.1) is 13.8 Å². The number of H-pyrrole nitrogens is 1. The zero-order chi connectivity index (χ0) is 17.4. The number of nitrogens with one attached hydrogen (secondary N) is 1. The van der Waals surface area contributed by atoms with E-state index in [1.165, 1.54) is 17.0 Å². The molecular formula is C18H24N6S. The lowest BCUT2D eigenvalue weighted by molar-refractivity contribution is 0.168.